The zero-order chi connectivity index (χ0) is 22.6. The largest absolute Gasteiger partial charge is 0.355 e. The molecule has 3 aromatic rings. The molecular formula is C26H29N3O2S. The number of benzene rings is 1. The van der Waals surface area contributed by atoms with Gasteiger partial charge in [-0.3, -0.25) is 14.6 Å². The highest BCUT2D eigenvalue weighted by molar-refractivity contribution is 7.13. The normalized spacial score (nSPS) is 18.2. The van der Waals surface area contributed by atoms with Crippen LogP contribution in [0.15, 0.2) is 66.3 Å². The lowest BCUT2D eigenvalue weighted by Gasteiger charge is -2.29. The number of nitrogens with one attached hydrogen (secondary N) is 1. The average molecular weight is 448 g/mol. The van der Waals surface area contributed by atoms with Crippen LogP contribution in [0.4, 0.5) is 0 Å². The van der Waals surface area contributed by atoms with Crippen LogP contribution in [0.2, 0.25) is 0 Å². The van der Waals surface area contributed by atoms with Crippen molar-refractivity contribution in [1.82, 2.24) is 15.2 Å². The Morgan fingerprint density at radius 2 is 1.91 bits per heavy atom. The first-order chi connectivity index (χ1) is 15.5. The summed E-state index contributed by atoms with van der Waals surface area (Å²) in [6.45, 7) is 5.79. The van der Waals surface area contributed by atoms with Gasteiger partial charge in [0.15, 0.2) is 0 Å². The van der Waals surface area contributed by atoms with Crippen LogP contribution >= 0.6 is 11.3 Å². The molecule has 1 aliphatic heterocycles. The standard InChI is InChI=1S/C26H29N3O2S/c1-19(2)17-28-25(31)26(11-14-29(18-26)24(30)20-9-12-27-13-10-20)16-21-6-3-4-7-22(21)23-8-5-15-32-23/h3-10,12-13,15,19H,11,14,16-18H2,1-2H3,(H,28,31). The number of likely N-dealkylation sites (tertiary alicyclic amines) is 1. The van der Waals surface area contributed by atoms with Crippen LogP contribution in [0.5, 0.6) is 0 Å². The Kier molecular flexibility index (Phi) is 6.70. The lowest BCUT2D eigenvalue weighted by molar-refractivity contribution is -0.130. The van der Waals surface area contributed by atoms with E-state index in [-0.39, 0.29) is 11.8 Å². The summed E-state index contributed by atoms with van der Waals surface area (Å²) in [6.07, 6.45) is 4.50. The van der Waals surface area contributed by atoms with E-state index in [1.54, 1.807) is 35.9 Å². The Balaban J connectivity index is 1.63. The van der Waals surface area contributed by atoms with E-state index in [1.807, 2.05) is 23.1 Å². The zero-order valence-corrected chi connectivity index (χ0v) is 19.4. The molecule has 0 bridgehead atoms. The van der Waals surface area contributed by atoms with Crippen molar-refractivity contribution in [3.63, 3.8) is 0 Å². The Morgan fingerprint density at radius 1 is 1.12 bits per heavy atom. The lowest BCUT2D eigenvalue weighted by Crippen LogP contribution is -2.46. The van der Waals surface area contributed by atoms with E-state index in [1.165, 1.54) is 4.88 Å². The molecule has 1 aromatic carbocycles. The molecule has 5 nitrogen and oxygen atoms in total. The van der Waals surface area contributed by atoms with Crippen molar-refractivity contribution in [1.29, 1.82) is 0 Å². The molecule has 1 aliphatic rings. The maximum Gasteiger partial charge on any atom is 0.253 e. The summed E-state index contributed by atoms with van der Waals surface area (Å²) in [7, 11) is 0. The van der Waals surface area contributed by atoms with E-state index in [2.05, 4.69) is 47.7 Å². The molecule has 3 heterocycles. The van der Waals surface area contributed by atoms with Crippen molar-refractivity contribution in [2.45, 2.75) is 26.7 Å². The molecule has 4 rings (SSSR count). The minimum Gasteiger partial charge on any atom is -0.355 e. The predicted molar refractivity (Wildman–Crippen MR) is 128 cm³/mol. The van der Waals surface area contributed by atoms with Crippen LogP contribution in [0.25, 0.3) is 10.4 Å². The highest BCUT2D eigenvalue weighted by Crippen LogP contribution is 2.39. The number of nitrogens with zero attached hydrogens (tertiary/aromatic N) is 2. The molecule has 0 saturated carbocycles. The number of hydrogen-bond donors (Lipinski definition) is 1. The number of rotatable bonds is 7. The van der Waals surface area contributed by atoms with E-state index < -0.39 is 5.41 Å². The van der Waals surface area contributed by atoms with Crippen LogP contribution in [0, 0.1) is 11.3 Å². The first kappa shape index (κ1) is 22.2. The number of pyridine rings is 1. The molecule has 166 valence electrons. The van der Waals surface area contributed by atoms with Crippen molar-refractivity contribution < 1.29 is 9.59 Å². The van der Waals surface area contributed by atoms with E-state index in [0.717, 1.165) is 11.1 Å². The van der Waals surface area contributed by atoms with Crippen molar-refractivity contribution >= 4 is 23.2 Å². The molecule has 2 aromatic heterocycles. The third kappa shape index (κ3) is 4.75. The maximum absolute atomic E-state index is 13.5. The Labute approximate surface area is 193 Å². The van der Waals surface area contributed by atoms with Gasteiger partial charge in [-0.25, -0.2) is 0 Å². The quantitative estimate of drug-likeness (QED) is 0.573. The summed E-state index contributed by atoms with van der Waals surface area (Å²) < 4.78 is 0. The maximum atomic E-state index is 13.5. The molecule has 6 heteroatoms. The number of aromatic nitrogens is 1. The Bertz CT molecular complexity index is 1070. The van der Waals surface area contributed by atoms with Crippen molar-refractivity contribution in [2.24, 2.45) is 11.3 Å². The van der Waals surface area contributed by atoms with Crippen molar-refractivity contribution in [3.8, 4) is 10.4 Å². The summed E-state index contributed by atoms with van der Waals surface area (Å²) in [5, 5.41) is 5.23. The second-order valence-electron chi connectivity index (χ2n) is 8.91. The van der Waals surface area contributed by atoms with Gasteiger partial charge in [-0.1, -0.05) is 44.2 Å². The second-order valence-corrected chi connectivity index (χ2v) is 9.86. The van der Waals surface area contributed by atoms with Crippen LogP contribution in [0.3, 0.4) is 0 Å². The molecule has 1 atom stereocenters. The molecule has 0 aliphatic carbocycles. The highest BCUT2D eigenvalue weighted by atomic mass is 32.1. The molecule has 0 spiro atoms. The molecule has 1 N–H and O–H groups in total. The van der Waals surface area contributed by atoms with E-state index >= 15 is 0 Å². The molecule has 2 amide bonds. The summed E-state index contributed by atoms with van der Waals surface area (Å²) in [4.78, 5) is 33.6. The van der Waals surface area contributed by atoms with Gasteiger partial charge in [0.05, 0.1) is 5.41 Å². The third-order valence-corrected chi connectivity index (χ3v) is 6.96. The average Bonchev–Trinajstić information content (AvgIpc) is 3.49. The summed E-state index contributed by atoms with van der Waals surface area (Å²) in [5.74, 6) is 0.361. The number of hydrogen-bond acceptors (Lipinski definition) is 4. The van der Waals surface area contributed by atoms with Crippen LogP contribution < -0.4 is 5.32 Å². The first-order valence-corrected chi connectivity index (χ1v) is 12.0. The fraction of sp³-hybridized carbons (Fsp3) is 0.346. The minimum absolute atomic E-state index is 0.0391. The molecular weight excluding hydrogens is 418 g/mol. The summed E-state index contributed by atoms with van der Waals surface area (Å²) in [5.41, 5.74) is 2.27. The number of thiophene rings is 1. The van der Waals surface area contributed by atoms with Gasteiger partial charge >= 0.3 is 0 Å². The first-order valence-electron chi connectivity index (χ1n) is 11.1. The van der Waals surface area contributed by atoms with Gasteiger partial charge in [0.2, 0.25) is 5.91 Å². The highest BCUT2D eigenvalue weighted by Gasteiger charge is 2.46. The number of carbonyl (C=O) groups excluding carboxylic acids is 2. The minimum atomic E-state index is -0.648. The molecule has 1 saturated heterocycles. The third-order valence-electron chi connectivity index (χ3n) is 6.05. The fourth-order valence-corrected chi connectivity index (χ4v) is 5.12. The summed E-state index contributed by atoms with van der Waals surface area (Å²) >= 11 is 1.70. The molecule has 32 heavy (non-hydrogen) atoms. The van der Waals surface area contributed by atoms with Gasteiger partial charge in [0, 0.05) is 42.5 Å². The monoisotopic (exact) mass is 447 g/mol. The van der Waals surface area contributed by atoms with Crippen molar-refractivity contribution in [3.05, 3.63) is 77.4 Å². The van der Waals surface area contributed by atoms with Crippen LogP contribution in [-0.4, -0.2) is 41.3 Å². The zero-order valence-electron chi connectivity index (χ0n) is 18.6. The van der Waals surface area contributed by atoms with E-state index in [4.69, 9.17) is 0 Å². The van der Waals surface area contributed by atoms with Gasteiger partial charge in [-0.15, -0.1) is 11.3 Å². The van der Waals surface area contributed by atoms with Gasteiger partial charge in [-0.2, -0.15) is 0 Å². The SMILES string of the molecule is CC(C)CNC(=O)C1(Cc2ccccc2-c2cccs2)CCN(C(=O)c2ccncc2)C1. The van der Waals surface area contributed by atoms with E-state index in [0.29, 0.717) is 44.0 Å². The van der Waals surface area contributed by atoms with Crippen LogP contribution in [-0.2, 0) is 11.2 Å². The molecule has 1 unspecified atom stereocenters. The Morgan fingerprint density at radius 3 is 2.62 bits per heavy atom. The fourth-order valence-electron chi connectivity index (χ4n) is 4.33. The topological polar surface area (TPSA) is 62.3 Å². The smallest absolute Gasteiger partial charge is 0.253 e. The van der Waals surface area contributed by atoms with E-state index in [9.17, 15) is 9.59 Å². The lowest BCUT2D eigenvalue weighted by atomic mass is 9.78. The van der Waals surface area contributed by atoms with Gasteiger partial charge < -0.3 is 10.2 Å². The number of carbonyl (C=O) groups is 2. The van der Waals surface area contributed by atoms with Crippen LogP contribution in [0.1, 0.15) is 36.2 Å². The molecule has 0 radical (unpaired) electrons. The van der Waals surface area contributed by atoms with Gasteiger partial charge in [-0.05, 0) is 53.5 Å². The van der Waals surface area contributed by atoms with Crippen molar-refractivity contribution in [2.75, 3.05) is 19.6 Å². The predicted octanol–water partition coefficient (Wildman–Crippen LogP) is 4.66. The number of amides is 2. The Hall–Kier alpha value is -2.99. The molecule has 1 fully saturated rings. The second kappa shape index (κ2) is 9.65. The summed E-state index contributed by atoms with van der Waals surface area (Å²) in [6, 6.07) is 15.9. The van der Waals surface area contributed by atoms with Gasteiger partial charge in [0.25, 0.3) is 5.91 Å². The van der Waals surface area contributed by atoms with Gasteiger partial charge in [0.1, 0.15) is 0 Å².